The van der Waals surface area contributed by atoms with E-state index in [1.54, 1.807) is 36.4 Å². The van der Waals surface area contributed by atoms with Crippen LogP contribution in [0.2, 0.25) is 5.02 Å². The van der Waals surface area contributed by atoms with Crippen molar-refractivity contribution in [3.63, 3.8) is 0 Å². The number of rotatable bonds is 6. The first-order valence-corrected chi connectivity index (χ1v) is 11.1. The number of fused-ring (bicyclic) bond motifs is 2. The largest absolute Gasteiger partial charge is 0.361 e. The lowest BCUT2D eigenvalue weighted by atomic mass is 10.1. The third kappa shape index (κ3) is 4.24. The molecule has 0 fully saturated rings. The average molecular weight is 428 g/mol. The minimum absolute atomic E-state index is 0.203. The Balaban J connectivity index is 1.65. The normalized spacial score (nSPS) is 12.1. The van der Waals surface area contributed by atoms with E-state index in [0.717, 1.165) is 40.2 Å². The molecular weight excluding hydrogens is 406 g/mol. The van der Waals surface area contributed by atoms with Gasteiger partial charge in [-0.25, -0.2) is 8.42 Å². The molecule has 0 atom stereocenters. The molecule has 1 aromatic heterocycles. The molecule has 0 aliphatic carbocycles. The van der Waals surface area contributed by atoms with Crippen LogP contribution in [0, 0.1) is 0 Å². The van der Waals surface area contributed by atoms with Gasteiger partial charge in [0.1, 0.15) is 0 Å². The van der Waals surface area contributed by atoms with Gasteiger partial charge in [-0.1, -0.05) is 23.7 Å². The number of hydrogen-bond acceptors (Lipinski definition) is 3. The van der Waals surface area contributed by atoms with Crippen molar-refractivity contribution in [3.05, 3.63) is 71.4 Å². The standard InChI is InChI=1S/C22H22ClN3O2S/c1-26(2)10-9-16-14-24-22-8-6-19(13-21(16)22)25-29(27,28)20-7-4-15-3-5-18(23)11-17(15)12-20/h3-8,11-14,24-25H,9-10H2,1-2H3. The third-order valence-corrected chi connectivity index (χ3v) is 6.55. The number of likely N-dealkylation sites (N-methyl/N-ethyl adjacent to an activating group) is 1. The van der Waals surface area contributed by atoms with Gasteiger partial charge >= 0.3 is 0 Å². The molecule has 0 unspecified atom stereocenters. The molecule has 29 heavy (non-hydrogen) atoms. The van der Waals surface area contributed by atoms with E-state index < -0.39 is 10.0 Å². The number of H-pyrrole nitrogens is 1. The van der Waals surface area contributed by atoms with Crippen LogP contribution in [0.1, 0.15) is 5.56 Å². The maximum absolute atomic E-state index is 12.9. The summed E-state index contributed by atoms with van der Waals surface area (Å²) < 4.78 is 28.6. The number of benzene rings is 3. The fourth-order valence-electron chi connectivity index (χ4n) is 3.37. The minimum atomic E-state index is -3.72. The minimum Gasteiger partial charge on any atom is -0.361 e. The summed E-state index contributed by atoms with van der Waals surface area (Å²) in [7, 11) is 0.346. The highest BCUT2D eigenvalue weighted by molar-refractivity contribution is 7.92. The van der Waals surface area contributed by atoms with Crippen molar-refractivity contribution in [3.8, 4) is 0 Å². The Bertz CT molecular complexity index is 1300. The monoisotopic (exact) mass is 427 g/mol. The number of nitrogens with zero attached hydrogens (tertiary/aromatic N) is 1. The number of hydrogen-bond donors (Lipinski definition) is 2. The summed E-state index contributed by atoms with van der Waals surface area (Å²) in [5.74, 6) is 0. The lowest BCUT2D eigenvalue weighted by molar-refractivity contribution is 0.414. The van der Waals surface area contributed by atoms with Crippen molar-refractivity contribution in [1.29, 1.82) is 0 Å². The van der Waals surface area contributed by atoms with Crippen LogP contribution in [0.15, 0.2) is 65.7 Å². The van der Waals surface area contributed by atoms with Crippen LogP contribution in [0.3, 0.4) is 0 Å². The molecule has 2 N–H and O–H groups in total. The molecule has 0 bridgehead atoms. The second kappa shape index (κ2) is 7.71. The SMILES string of the molecule is CN(C)CCc1c[nH]c2ccc(NS(=O)(=O)c3ccc4ccc(Cl)cc4c3)cc12. The molecule has 1 heterocycles. The second-order valence-electron chi connectivity index (χ2n) is 7.39. The van der Waals surface area contributed by atoms with Gasteiger partial charge in [-0.3, -0.25) is 4.72 Å². The fourth-order valence-corrected chi connectivity index (χ4v) is 4.63. The second-order valence-corrected chi connectivity index (χ2v) is 9.51. The zero-order valence-electron chi connectivity index (χ0n) is 16.2. The van der Waals surface area contributed by atoms with Crippen molar-refractivity contribution in [1.82, 2.24) is 9.88 Å². The molecular formula is C22H22ClN3O2S. The highest BCUT2D eigenvalue weighted by atomic mass is 35.5. The fraction of sp³-hybridized carbons (Fsp3) is 0.182. The number of halogens is 1. The Morgan fingerprint density at radius 3 is 2.59 bits per heavy atom. The van der Waals surface area contributed by atoms with Gasteiger partial charge in [0.2, 0.25) is 0 Å². The lowest BCUT2D eigenvalue weighted by Gasteiger charge is -2.11. The third-order valence-electron chi connectivity index (χ3n) is 4.93. The molecule has 0 spiro atoms. The molecule has 3 aromatic carbocycles. The van der Waals surface area contributed by atoms with Gasteiger partial charge in [0.25, 0.3) is 10.0 Å². The summed E-state index contributed by atoms with van der Waals surface area (Å²) in [6.07, 6.45) is 2.87. The molecule has 5 nitrogen and oxygen atoms in total. The Kier molecular flexibility index (Phi) is 5.25. The molecule has 0 aliphatic rings. The van der Waals surface area contributed by atoms with Crippen molar-refractivity contribution in [2.45, 2.75) is 11.3 Å². The zero-order chi connectivity index (χ0) is 20.6. The van der Waals surface area contributed by atoms with Gasteiger partial charge in [0, 0.05) is 34.4 Å². The molecule has 4 rings (SSSR count). The molecule has 0 saturated heterocycles. The average Bonchev–Trinajstić information content (AvgIpc) is 3.07. The van der Waals surface area contributed by atoms with E-state index in [4.69, 9.17) is 11.6 Å². The van der Waals surface area contributed by atoms with E-state index in [-0.39, 0.29) is 4.90 Å². The Morgan fingerprint density at radius 1 is 1.00 bits per heavy atom. The summed E-state index contributed by atoms with van der Waals surface area (Å²) in [6, 6.07) is 16.0. The van der Waals surface area contributed by atoms with Gasteiger partial charge in [0.15, 0.2) is 0 Å². The Morgan fingerprint density at radius 2 is 1.79 bits per heavy atom. The molecule has 4 aromatic rings. The van der Waals surface area contributed by atoms with Crippen molar-refractivity contribution in [2.24, 2.45) is 0 Å². The van der Waals surface area contributed by atoms with Gasteiger partial charge in [-0.2, -0.15) is 0 Å². The van der Waals surface area contributed by atoms with Crippen LogP contribution in [-0.4, -0.2) is 38.9 Å². The maximum Gasteiger partial charge on any atom is 0.261 e. The van der Waals surface area contributed by atoms with Gasteiger partial charge < -0.3 is 9.88 Å². The number of sulfonamides is 1. The van der Waals surface area contributed by atoms with E-state index >= 15 is 0 Å². The van der Waals surface area contributed by atoms with Crippen LogP contribution in [0.4, 0.5) is 5.69 Å². The summed E-state index contributed by atoms with van der Waals surface area (Å²) in [5, 5.41) is 3.32. The number of aromatic amines is 1. The van der Waals surface area contributed by atoms with Crippen LogP contribution in [0.25, 0.3) is 21.7 Å². The van der Waals surface area contributed by atoms with Gasteiger partial charge in [-0.15, -0.1) is 0 Å². The number of nitrogens with one attached hydrogen (secondary N) is 2. The van der Waals surface area contributed by atoms with Crippen LogP contribution in [0.5, 0.6) is 0 Å². The Labute approximate surface area is 175 Å². The summed E-state index contributed by atoms with van der Waals surface area (Å²) in [6.45, 7) is 0.919. The summed E-state index contributed by atoms with van der Waals surface area (Å²) in [5.41, 5.74) is 2.69. The van der Waals surface area contributed by atoms with Crippen molar-refractivity contribution >= 4 is 49.0 Å². The first-order chi connectivity index (χ1) is 13.8. The van der Waals surface area contributed by atoms with Crippen LogP contribution < -0.4 is 4.72 Å². The first-order valence-electron chi connectivity index (χ1n) is 9.29. The van der Waals surface area contributed by atoms with E-state index in [0.29, 0.717) is 10.7 Å². The first kappa shape index (κ1) is 19.8. The smallest absolute Gasteiger partial charge is 0.261 e. The van der Waals surface area contributed by atoms with Crippen LogP contribution >= 0.6 is 11.6 Å². The van der Waals surface area contributed by atoms with E-state index in [2.05, 4.69) is 14.6 Å². The van der Waals surface area contributed by atoms with Crippen molar-refractivity contribution in [2.75, 3.05) is 25.4 Å². The maximum atomic E-state index is 12.9. The molecule has 0 radical (unpaired) electrons. The van der Waals surface area contributed by atoms with E-state index in [9.17, 15) is 8.42 Å². The zero-order valence-corrected chi connectivity index (χ0v) is 17.8. The Hall–Kier alpha value is -2.54. The quantitative estimate of drug-likeness (QED) is 0.461. The van der Waals surface area contributed by atoms with Gasteiger partial charge in [0.05, 0.1) is 4.90 Å². The van der Waals surface area contributed by atoms with Crippen LogP contribution in [-0.2, 0) is 16.4 Å². The van der Waals surface area contributed by atoms with Gasteiger partial charge in [-0.05, 0) is 79.3 Å². The highest BCUT2D eigenvalue weighted by Crippen LogP contribution is 2.27. The molecule has 0 amide bonds. The van der Waals surface area contributed by atoms with E-state index in [1.807, 2.05) is 38.5 Å². The predicted molar refractivity (Wildman–Crippen MR) is 120 cm³/mol. The molecule has 0 aliphatic heterocycles. The molecule has 0 saturated carbocycles. The molecule has 7 heteroatoms. The molecule has 150 valence electrons. The highest BCUT2D eigenvalue weighted by Gasteiger charge is 2.16. The topological polar surface area (TPSA) is 65.2 Å². The lowest BCUT2D eigenvalue weighted by Crippen LogP contribution is -2.15. The summed E-state index contributed by atoms with van der Waals surface area (Å²) >= 11 is 6.05. The predicted octanol–water partition coefficient (Wildman–Crippen LogP) is 4.88. The number of aromatic nitrogens is 1. The van der Waals surface area contributed by atoms with E-state index in [1.165, 1.54) is 0 Å². The van der Waals surface area contributed by atoms with Crippen molar-refractivity contribution < 1.29 is 8.42 Å². The summed E-state index contributed by atoms with van der Waals surface area (Å²) in [4.78, 5) is 5.58. The number of anilines is 1.